The van der Waals surface area contributed by atoms with Crippen LogP contribution in [0.5, 0.6) is 0 Å². The second-order valence-corrected chi connectivity index (χ2v) is 4.71. The van der Waals surface area contributed by atoms with E-state index >= 15 is 0 Å². The van der Waals surface area contributed by atoms with Crippen LogP contribution in [0.3, 0.4) is 0 Å². The summed E-state index contributed by atoms with van der Waals surface area (Å²) in [6, 6.07) is 13.3. The van der Waals surface area contributed by atoms with Crippen molar-refractivity contribution in [2.24, 2.45) is 0 Å². The average Bonchev–Trinajstić information content (AvgIpc) is 2.53. The van der Waals surface area contributed by atoms with E-state index in [0.717, 1.165) is 17.7 Å². The summed E-state index contributed by atoms with van der Waals surface area (Å²) in [5.41, 5.74) is 0.477. The molecule has 3 nitrogen and oxygen atoms in total. The fourth-order valence-corrected chi connectivity index (χ4v) is 1.80. The highest BCUT2D eigenvalue weighted by atomic mass is 19.4. The second-order valence-electron chi connectivity index (χ2n) is 4.71. The molecule has 1 atom stereocenters. The molecule has 0 bridgehead atoms. The van der Waals surface area contributed by atoms with E-state index in [1.165, 1.54) is 12.1 Å². The Morgan fingerprint density at radius 3 is 2.22 bits per heavy atom. The Morgan fingerprint density at radius 2 is 1.65 bits per heavy atom. The lowest BCUT2D eigenvalue weighted by atomic mass is 10.1. The minimum atomic E-state index is -4.95. The van der Waals surface area contributed by atoms with Crippen LogP contribution in [-0.2, 0) is 11.3 Å². The van der Waals surface area contributed by atoms with Gasteiger partial charge in [-0.15, -0.1) is 0 Å². The Morgan fingerprint density at radius 1 is 1.04 bits per heavy atom. The molecule has 2 rings (SSSR count). The molecule has 1 amide bonds. The van der Waals surface area contributed by atoms with Crippen LogP contribution in [0.15, 0.2) is 54.6 Å². The van der Waals surface area contributed by atoms with Gasteiger partial charge in [0.1, 0.15) is 6.61 Å². The zero-order valence-electron chi connectivity index (χ0n) is 11.8. The number of amides is 1. The van der Waals surface area contributed by atoms with Crippen molar-refractivity contribution in [1.29, 1.82) is 0 Å². The van der Waals surface area contributed by atoms with E-state index in [2.05, 4.69) is 5.32 Å². The number of carbonyl (C=O) groups is 1. The molecule has 0 aromatic heterocycles. The molecule has 0 aliphatic heterocycles. The molecule has 1 N–H and O–H groups in total. The molecule has 122 valence electrons. The van der Waals surface area contributed by atoms with E-state index < -0.39 is 24.0 Å². The van der Waals surface area contributed by atoms with E-state index in [1.807, 2.05) is 6.07 Å². The second kappa shape index (κ2) is 7.13. The standard InChI is InChI=1S/C16H13F4NO2/c17-14(16(18,19)20)12-6-8-13(9-7-12)21-15(22)23-10-11-4-2-1-3-5-11/h1-9,14H,10H2,(H,21,22). The largest absolute Gasteiger partial charge is 0.444 e. The SMILES string of the molecule is O=C(Nc1ccc(C(F)C(F)(F)F)cc1)OCc1ccccc1. The molecule has 0 spiro atoms. The molecule has 1 unspecified atom stereocenters. The maximum atomic E-state index is 13.1. The number of nitrogens with one attached hydrogen (secondary N) is 1. The summed E-state index contributed by atoms with van der Waals surface area (Å²) in [7, 11) is 0. The van der Waals surface area contributed by atoms with Crippen LogP contribution in [0.1, 0.15) is 17.3 Å². The van der Waals surface area contributed by atoms with Crippen molar-refractivity contribution >= 4 is 11.8 Å². The normalized spacial score (nSPS) is 12.5. The number of hydrogen-bond donors (Lipinski definition) is 1. The molecule has 7 heteroatoms. The van der Waals surface area contributed by atoms with Crippen molar-refractivity contribution in [3.05, 3.63) is 65.7 Å². The highest BCUT2D eigenvalue weighted by Crippen LogP contribution is 2.36. The van der Waals surface area contributed by atoms with Crippen LogP contribution >= 0.6 is 0 Å². The summed E-state index contributed by atoms with van der Waals surface area (Å²) >= 11 is 0. The Bertz CT molecular complexity index is 641. The van der Waals surface area contributed by atoms with Crippen LogP contribution < -0.4 is 5.32 Å². The lowest BCUT2D eigenvalue weighted by Gasteiger charge is -2.13. The summed E-state index contributed by atoms with van der Waals surface area (Å²) in [4.78, 5) is 11.6. The summed E-state index contributed by atoms with van der Waals surface area (Å²) in [5.74, 6) is 0. The molecule has 2 aromatic carbocycles. The lowest BCUT2D eigenvalue weighted by molar-refractivity contribution is -0.182. The number of ether oxygens (including phenoxy) is 1. The van der Waals surface area contributed by atoms with Gasteiger partial charge in [0, 0.05) is 5.69 Å². The Labute approximate surface area is 129 Å². The third kappa shape index (κ3) is 4.98. The van der Waals surface area contributed by atoms with Gasteiger partial charge in [0.05, 0.1) is 0 Å². The Balaban J connectivity index is 1.89. The smallest absolute Gasteiger partial charge is 0.423 e. The topological polar surface area (TPSA) is 38.3 Å². The number of alkyl halides is 4. The first kappa shape index (κ1) is 16.8. The van der Waals surface area contributed by atoms with E-state index in [0.29, 0.717) is 0 Å². The van der Waals surface area contributed by atoms with Crippen molar-refractivity contribution in [2.45, 2.75) is 19.0 Å². The number of anilines is 1. The predicted molar refractivity (Wildman–Crippen MR) is 76.6 cm³/mol. The number of benzene rings is 2. The fraction of sp³-hybridized carbons (Fsp3) is 0.188. The third-order valence-corrected chi connectivity index (χ3v) is 2.95. The molecule has 2 aromatic rings. The molecule has 0 saturated heterocycles. The molecule has 0 aliphatic carbocycles. The molecule has 23 heavy (non-hydrogen) atoms. The quantitative estimate of drug-likeness (QED) is 0.802. The van der Waals surface area contributed by atoms with E-state index in [9.17, 15) is 22.4 Å². The maximum absolute atomic E-state index is 13.1. The lowest BCUT2D eigenvalue weighted by Crippen LogP contribution is -2.17. The Hall–Kier alpha value is -2.57. The summed E-state index contributed by atoms with van der Waals surface area (Å²) in [6.45, 7) is 0.0609. The van der Waals surface area contributed by atoms with Crippen LogP contribution in [0.25, 0.3) is 0 Å². The van der Waals surface area contributed by atoms with Crippen LogP contribution in [0.4, 0.5) is 28.0 Å². The maximum Gasteiger partial charge on any atom is 0.423 e. The molecule has 0 aliphatic rings. The van der Waals surface area contributed by atoms with Crippen LogP contribution in [0, 0.1) is 0 Å². The van der Waals surface area contributed by atoms with Crippen molar-refractivity contribution < 1.29 is 27.1 Å². The molecule has 0 saturated carbocycles. The van der Waals surface area contributed by atoms with Crippen LogP contribution in [-0.4, -0.2) is 12.3 Å². The number of hydrogen-bond acceptors (Lipinski definition) is 2. The van der Waals surface area contributed by atoms with Gasteiger partial charge in [0.2, 0.25) is 6.17 Å². The number of carbonyl (C=O) groups excluding carboxylic acids is 1. The van der Waals surface area contributed by atoms with Gasteiger partial charge in [-0.05, 0) is 23.3 Å². The van der Waals surface area contributed by atoms with E-state index in [4.69, 9.17) is 4.74 Å². The number of halogens is 4. The molecule has 0 heterocycles. The van der Waals surface area contributed by atoms with Gasteiger partial charge >= 0.3 is 12.3 Å². The highest BCUT2D eigenvalue weighted by molar-refractivity contribution is 5.84. The average molecular weight is 327 g/mol. The highest BCUT2D eigenvalue weighted by Gasteiger charge is 2.41. The van der Waals surface area contributed by atoms with Crippen molar-refractivity contribution in [1.82, 2.24) is 0 Å². The fourth-order valence-electron chi connectivity index (χ4n) is 1.80. The molecule has 0 fully saturated rings. The first-order valence-electron chi connectivity index (χ1n) is 6.65. The monoisotopic (exact) mass is 327 g/mol. The summed E-state index contributed by atoms with van der Waals surface area (Å²) in [6.07, 6.45) is -8.76. The third-order valence-electron chi connectivity index (χ3n) is 2.95. The van der Waals surface area contributed by atoms with Gasteiger partial charge in [-0.2, -0.15) is 13.2 Å². The van der Waals surface area contributed by atoms with Gasteiger partial charge in [-0.3, -0.25) is 5.32 Å². The summed E-state index contributed by atoms with van der Waals surface area (Å²) in [5, 5.41) is 2.35. The number of rotatable bonds is 4. The van der Waals surface area contributed by atoms with Crippen molar-refractivity contribution in [3.63, 3.8) is 0 Å². The van der Waals surface area contributed by atoms with Gasteiger partial charge in [-0.25, -0.2) is 9.18 Å². The van der Waals surface area contributed by atoms with Crippen molar-refractivity contribution in [2.75, 3.05) is 5.32 Å². The van der Waals surface area contributed by atoms with E-state index in [1.54, 1.807) is 24.3 Å². The zero-order valence-corrected chi connectivity index (χ0v) is 11.8. The Kier molecular flexibility index (Phi) is 5.20. The molecular formula is C16H13F4NO2. The summed E-state index contributed by atoms with van der Waals surface area (Å²) < 4.78 is 54.8. The first-order chi connectivity index (χ1) is 10.9. The molecule has 0 radical (unpaired) electrons. The minimum absolute atomic E-state index is 0.0609. The van der Waals surface area contributed by atoms with Gasteiger partial charge in [0.25, 0.3) is 0 Å². The first-order valence-corrected chi connectivity index (χ1v) is 6.65. The minimum Gasteiger partial charge on any atom is -0.444 e. The predicted octanol–water partition coefficient (Wildman–Crippen LogP) is 5.01. The van der Waals surface area contributed by atoms with Gasteiger partial charge in [0.15, 0.2) is 0 Å². The van der Waals surface area contributed by atoms with Gasteiger partial charge in [-0.1, -0.05) is 42.5 Å². The van der Waals surface area contributed by atoms with Crippen molar-refractivity contribution in [3.8, 4) is 0 Å². The zero-order chi connectivity index (χ0) is 16.9. The van der Waals surface area contributed by atoms with Crippen LogP contribution in [0.2, 0.25) is 0 Å². The van der Waals surface area contributed by atoms with Gasteiger partial charge < -0.3 is 4.74 Å². The molecular weight excluding hydrogens is 314 g/mol. The van der Waals surface area contributed by atoms with E-state index in [-0.39, 0.29) is 12.3 Å².